The smallest absolute Gasteiger partial charge is 0.264 e. The van der Waals surface area contributed by atoms with E-state index in [-0.39, 0.29) is 5.91 Å². The van der Waals surface area contributed by atoms with E-state index in [0.29, 0.717) is 32.4 Å². The molecule has 1 fully saturated rings. The van der Waals surface area contributed by atoms with Gasteiger partial charge in [0.2, 0.25) is 0 Å². The van der Waals surface area contributed by atoms with Gasteiger partial charge in [-0.3, -0.25) is 4.79 Å². The first-order valence-corrected chi connectivity index (χ1v) is 11.1. The molecule has 0 atom stereocenters. The monoisotopic (exact) mass is 468 g/mol. The van der Waals surface area contributed by atoms with E-state index in [0.717, 1.165) is 16.9 Å². The van der Waals surface area contributed by atoms with Crippen molar-refractivity contribution in [3.05, 3.63) is 98.4 Å². The minimum atomic E-state index is -0.191. The van der Waals surface area contributed by atoms with Gasteiger partial charge in [0.25, 0.3) is 5.91 Å². The minimum absolute atomic E-state index is 0.191. The molecule has 1 N–H and O–H groups in total. The van der Waals surface area contributed by atoms with Crippen LogP contribution < -0.4 is 10.1 Å². The number of hydrogen-bond acceptors (Lipinski definition) is 4. The van der Waals surface area contributed by atoms with Gasteiger partial charge in [0.05, 0.1) is 20.6 Å². The summed E-state index contributed by atoms with van der Waals surface area (Å²) in [7, 11) is 0. The first-order valence-electron chi connectivity index (χ1n) is 9.49. The Hall–Kier alpha value is -2.73. The number of hydrogen-bond donors (Lipinski definition) is 1. The lowest BCUT2D eigenvalue weighted by atomic mass is 10.1. The first kappa shape index (κ1) is 21.5. The molecule has 4 nitrogen and oxygen atoms in total. The maximum Gasteiger partial charge on any atom is 0.264 e. The molecule has 1 aliphatic rings. The Morgan fingerprint density at radius 1 is 1.00 bits per heavy atom. The number of carbonyl (C=O) groups is 1. The maximum atomic E-state index is 12.3. The Balaban J connectivity index is 1.41. The molecule has 4 rings (SSSR count). The van der Waals surface area contributed by atoms with Crippen LogP contribution in [0, 0.1) is 6.92 Å². The van der Waals surface area contributed by atoms with Gasteiger partial charge in [-0.25, -0.2) is 4.99 Å². The molecule has 0 aliphatic carbocycles. The Labute approximate surface area is 194 Å². The predicted octanol–water partition coefficient (Wildman–Crippen LogP) is 6.77. The summed E-state index contributed by atoms with van der Waals surface area (Å²) >= 11 is 13.2. The van der Waals surface area contributed by atoms with Crippen molar-refractivity contribution < 1.29 is 9.53 Å². The third kappa shape index (κ3) is 5.70. The summed E-state index contributed by atoms with van der Waals surface area (Å²) in [5.41, 5.74) is 3.86. The van der Waals surface area contributed by atoms with Crippen molar-refractivity contribution in [1.29, 1.82) is 0 Å². The zero-order valence-electron chi connectivity index (χ0n) is 16.6. The Kier molecular flexibility index (Phi) is 6.66. The number of carbonyl (C=O) groups excluding carboxylic acids is 1. The van der Waals surface area contributed by atoms with Crippen LogP contribution >= 0.6 is 35.0 Å². The zero-order chi connectivity index (χ0) is 21.8. The fraction of sp³-hybridized carbons (Fsp3) is 0.0833. The summed E-state index contributed by atoms with van der Waals surface area (Å²) in [6.45, 7) is 2.57. The topological polar surface area (TPSA) is 50.7 Å². The van der Waals surface area contributed by atoms with Crippen molar-refractivity contribution in [2.45, 2.75) is 13.5 Å². The van der Waals surface area contributed by atoms with Gasteiger partial charge in [-0.15, -0.1) is 0 Å². The average molecular weight is 469 g/mol. The lowest BCUT2D eigenvalue weighted by molar-refractivity contribution is -0.115. The number of rotatable bonds is 5. The molecule has 7 heteroatoms. The van der Waals surface area contributed by atoms with Crippen molar-refractivity contribution in [3.8, 4) is 5.75 Å². The van der Waals surface area contributed by atoms with Crippen LogP contribution in [0.5, 0.6) is 5.75 Å². The van der Waals surface area contributed by atoms with Crippen molar-refractivity contribution in [3.63, 3.8) is 0 Å². The van der Waals surface area contributed by atoms with Gasteiger partial charge in [-0.05, 0) is 66.2 Å². The SMILES string of the molecule is Cc1ccc(COc2ccc(C=C3SC(=Nc4ccc(Cl)c(Cl)c4)NC3=O)cc2)cc1. The van der Waals surface area contributed by atoms with E-state index in [1.807, 2.05) is 30.3 Å². The number of benzene rings is 3. The largest absolute Gasteiger partial charge is 0.489 e. The first-order chi connectivity index (χ1) is 15.0. The number of amides is 1. The summed E-state index contributed by atoms with van der Waals surface area (Å²) in [6.07, 6.45) is 1.82. The molecule has 3 aromatic carbocycles. The molecule has 0 radical (unpaired) electrons. The van der Waals surface area contributed by atoms with Gasteiger partial charge in [0.1, 0.15) is 12.4 Å². The number of amidine groups is 1. The molecule has 1 heterocycles. The number of ether oxygens (including phenoxy) is 1. The molecule has 0 unspecified atom stereocenters. The van der Waals surface area contributed by atoms with Crippen molar-refractivity contribution in [1.82, 2.24) is 5.32 Å². The molecule has 0 bridgehead atoms. The molecule has 3 aromatic rings. The molecule has 0 spiro atoms. The highest BCUT2D eigenvalue weighted by Gasteiger charge is 2.23. The lowest BCUT2D eigenvalue weighted by Gasteiger charge is -2.07. The molecule has 1 saturated heterocycles. The van der Waals surface area contributed by atoms with Gasteiger partial charge >= 0.3 is 0 Å². The van der Waals surface area contributed by atoms with Crippen LogP contribution in [0.1, 0.15) is 16.7 Å². The fourth-order valence-electron chi connectivity index (χ4n) is 2.81. The predicted molar refractivity (Wildman–Crippen MR) is 129 cm³/mol. The number of nitrogens with one attached hydrogen (secondary N) is 1. The minimum Gasteiger partial charge on any atom is -0.489 e. The van der Waals surface area contributed by atoms with E-state index in [1.165, 1.54) is 17.3 Å². The normalized spacial score (nSPS) is 16.0. The maximum absolute atomic E-state index is 12.3. The second kappa shape index (κ2) is 9.60. The zero-order valence-corrected chi connectivity index (χ0v) is 18.9. The van der Waals surface area contributed by atoms with Crippen LogP contribution in [0.15, 0.2) is 76.6 Å². The van der Waals surface area contributed by atoms with E-state index in [2.05, 4.69) is 41.5 Å². The van der Waals surface area contributed by atoms with Crippen LogP contribution in [0.3, 0.4) is 0 Å². The number of halogens is 2. The second-order valence-electron chi connectivity index (χ2n) is 6.92. The van der Waals surface area contributed by atoms with Crippen LogP contribution in [0.2, 0.25) is 10.0 Å². The van der Waals surface area contributed by atoms with Crippen LogP contribution in [-0.4, -0.2) is 11.1 Å². The van der Waals surface area contributed by atoms with E-state index in [1.54, 1.807) is 18.2 Å². The van der Waals surface area contributed by atoms with Gasteiger partial charge in [0, 0.05) is 0 Å². The van der Waals surface area contributed by atoms with Gasteiger partial charge in [0.15, 0.2) is 5.17 Å². The van der Waals surface area contributed by atoms with Crippen molar-refractivity contribution >= 4 is 57.8 Å². The van der Waals surface area contributed by atoms with Crippen LogP contribution in [0.25, 0.3) is 6.08 Å². The highest BCUT2D eigenvalue weighted by atomic mass is 35.5. The average Bonchev–Trinajstić information content (AvgIpc) is 3.10. The highest BCUT2D eigenvalue weighted by Crippen LogP contribution is 2.31. The molecule has 156 valence electrons. The van der Waals surface area contributed by atoms with Crippen molar-refractivity contribution in [2.75, 3.05) is 0 Å². The highest BCUT2D eigenvalue weighted by molar-refractivity contribution is 8.18. The van der Waals surface area contributed by atoms with Crippen LogP contribution in [-0.2, 0) is 11.4 Å². The van der Waals surface area contributed by atoms with E-state index in [9.17, 15) is 4.79 Å². The standard InChI is InChI=1S/C24H18Cl2N2O2S/c1-15-2-4-17(5-3-15)14-30-19-9-6-16(7-10-19)12-22-23(29)28-24(31-22)27-18-8-11-20(25)21(26)13-18/h2-13H,14H2,1H3,(H,27,28,29). The number of aliphatic imine (C=N–C) groups is 1. The van der Waals surface area contributed by atoms with E-state index >= 15 is 0 Å². The summed E-state index contributed by atoms with van der Waals surface area (Å²) < 4.78 is 5.84. The molecule has 1 aliphatic heterocycles. The Bertz CT molecular complexity index is 1170. The summed E-state index contributed by atoms with van der Waals surface area (Å²) in [6, 6.07) is 20.9. The third-order valence-corrected chi connectivity index (χ3v) is 6.14. The van der Waals surface area contributed by atoms with Gasteiger partial charge in [-0.1, -0.05) is 65.2 Å². The Morgan fingerprint density at radius 3 is 2.45 bits per heavy atom. The second-order valence-corrected chi connectivity index (χ2v) is 8.77. The Morgan fingerprint density at radius 2 is 1.74 bits per heavy atom. The van der Waals surface area contributed by atoms with E-state index < -0.39 is 0 Å². The number of nitrogens with zero attached hydrogens (tertiary/aromatic N) is 1. The third-order valence-electron chi connectivity index (χ3n) is 4.49. The molecule has 1 amide bonds. The number of aryl methyl sites for hydroxylation is 1. The summed E-state index contributed by atoms with van der Waals surface area (Å²) in [5, 5.41) is 4.13. The molecule has 0 aromatic heterocycles. The summed E-state index contributed by atoms with van der Waals surface area (Å²) in [5.74, 6) is 0.580. The fourth-order valence-corrected chi connectivity index (χ4v) is 3.95. The van der Waals surface area contributed by atoms with Gasteiger partial charge < -0.3 is 10.1 Å². The lowest BCUT2D eigenvalue weighted by Crippen LogP contribution is -2.19. The molecule has 31 heavy (non-hydrogen) atoms. The van der Waals surface area contributed by atoms with Crippen LogP contribution in [0.4, 0.5) is 5.69 Å². The van der Waals surface area contributed by atoms with Gasteiger partial charge in [-0.2, -0.15) is 0 Å². The number of thioether (sulfide) groups is 1. The molecule has 0 saturated carbocycles. The van der Waals surface area contributed by atoms with Crippen molar-refractivity contribution in [2.24, 2.45) is 4.99 Å². The van der Waals surface area contributed by atoms with E-state index in [4.69, 9.17) is 27.9 Å². The quantitative estimate of drug-likeness (QED) is 0.420. The molecular weight excluding hydrogens is 451 g/mol. The molecular formula is C24H18Cl2N2O2S. The summed E-state index contributed by atoms with van der Waals surface area (Å²) in [4.78, 5) is 17.3.